The van der Waals surface area contributed by atoms with E-state index in [2.05, 4.69) is 12.2 Å². The van der Waals surface area contributed by atoms with Gasteiger partial charge in [-0.15, -0.1) is 0 Å². The van der Waals surface area contributed by atoms with Crippen LogP contribution in [0.15, 0.2) is 18.2 Å². The summed E-state index contributed by atoms with van der Waals surface area (Å²) in [5.74, 6) is -0.204. The Morgan fingerprint density at radius 3 is 3.00 bits per heavy atom. The van der Waals surface area contributed by atoms with Crippen LogP contribution < -0.4 is 5.32 Å². The van der Waals surface area contributed by atoms with E-state index in [0.29, 0.717) is 5.56 Å². The van der Waals surface area contributed by atoms with Crippen molar-refractivity contribution in [3.05, 3.63) is 29.3 Å². The average molecular weight is 275 g/mol. The van der Waals surface area contributed by atoms with E-state index < -0.39 is 0 Å². The highest BCUT2D eigenvalue weighted by molar-refractivity contribution is 5.91. The number of hydrogen-bond acceptors (Lipinski definition) is 3. The van der Waals surface area contributed by atoms with Gasteiger partial charge in [0.15, 0.2) is 0 Å². The van der Waals surface area contributed by atoms with Crippen molar-refractivity contribution in [2.24, 2.45) is 0 Å². The van der Waals surface area contributed by atoms with Gasteiger partial charge in [-0.3, -0.25) is 0 Å². The Hall–Kier alpha value is -1.51. The van der Waals surface area contributed by atoms with E-state index in [1.165, 1.54) is 24.8 Å². The predicted molar refractivity (Wildman–Crippen MR) is 82.3 cm³/mol. The molecule has 110 valence electrons. The Labute approximate surface area is 121 Å². The van der Waals surface area contributed by atoms with Crippen LogP contribution in [-0.2, 0) is 11.2 Å². The van der Waals surface area contributed by atoms with Crippen molar-refractivity contribution in [2.75, 3.05) is 11.9 Å². The van der Waals surface area contributed by atoms with Gasteiger partial charge in [-0.25, -0.2) is 4.79 Å². The summed E-state index contributed by atoms with van der Waals surface area (Å²) in [5, 5.41) is 3.29. The van der Waals surface area contributed by atoms with E-state index in [0.717, 1.165) is 31.5 Å². The minimum Gasteiger partial charge on any atom is -0.459 e. The summed E-state index contributed by atoms with van der Waals surface area (Å²) < 4.78 is 5.51. The normalized spacial score (nSPS) is 14.5. The van der Waals surface area contributed by atoms with Crippen LogP contribution in [0, 0.1) is 0 Å². The molecule has 1 unspecified atom stereocenters. The third-order valence-electron chi connectivity index (χ3n) is 3.83. The van der Waals surface area contributed by atoms with Gasteiger partial charge >= 0.3 is 5.97 Å². The fourth-order valence-electron chi connectivity index (χ4n) is 2.59. The van der Waals surface area contributed by atoms with Gasteiger partial charge in [-0.05, 0) is 43.9 Å². The fourth-order valence-corrected chi connectivity index (χ4v) is 2.59. The molecule has 3 nitrogen and oxygen atoms in total. The lowest BCUT2D eigenvalue weighted by atomic mass is 10.1. The first-order chi connectivity index (χ1) is 9.70. The minimum absolute atomic E-state index is 0.000528. The van der Waals surface area contributed by atoms with Crippen molar-refractivity contribution in [2.45, 2.75) is 58.5 Å². The van der Waals surface area contributed by atoms with E-state index in [1.807, 2.05) is 25.1 Å². The van der Waals surface area contributed by atoms with Crippen molar-refractivity contribution < 1.29 is 9.53 Å². The largest absolute Gasteiger partial charge is 0.459 e. The first-order valence-electron chi connectivity index (χ1n) is 7.78. The monoisotopic (exact) mass is 275 g/mol. The molecule has 20 heavy (non-hydrogen) atoms. The Morgan fingerprint density at radius 2 is 2.20 bits per heavy atom. The van der Waals surface area contributed by atoms with Crippen LogP contribution in [0.3, 0.4) is 0 Å². The standard InChI is InChI=1S/C17H25NO2/c1-3-4-5-6-7-13(2)20-17(19)15-9-8-14-10-11-18-16(14)12-15/h8-9,12-13,18H,3-7,10-11H2,1-2H3. The molecular weight excluding hydrogens is 250 g/mol. The quantitative estimate of drug-likeness (QED) is 0.599. The number of benzene rings is 1. The van der Waals surface area contributed by atoms with Crippen LogP contribution >= 0.6 is 0 Å². The summed E-state index contributed by atoms with van der Waals surface area (Å²) in [6.45, 7) is 5.14. The number of rotatable bonds is 7. The number of anilines is 1. The van der Waals surface area contributed by atoms with E-state index >= 15 is 0 Å². The average Bonchev–Trinajstić information content (AvgIpc) is 2.90. The van der Waals surface area contributed by atoms with Gasteiger partial charge in [-0.1, -0.05) is 32.3 Å². The van der Waals surface area contributed by atoms with Gasteiger partial charge in [0.05, 0.1) is 11.7 Å². The Morgan fingerprint density at radius 1 is 1.35 bits per heavy atom. The Bertz CT molecular complexity index is 456. The van der Waals surface area contributed by atoms with Crippen molar-refractivity contribution in [3.63, 3.8) is 0 Å². The maximum absolute atomic E-state index is 12.1. The number of hydrogen-bond donors (Lipinski definition) is 1. The minimum atomic E-state index is -0.204. The van der Waals surface area contributed by atoms with Gasteiger partial charge < -0.3 is 10.1 Å². The molecule has 0 saturated heterocycles. The molecule has 0 saturated carbocycles. The van der Waals surface area contributed by atoms with E-state index in [9.17, 15) is 4.79 Å². The zero-order chi connectivity index (χ0) is 14.4. The number of ether oxygens (including phenoxy) is 1. The van der Waals surface area contributed by atoms with Gasteiger partial charge in [0, 0.05) is 12.2 Å². The molecule has 0 aromatic heterocycles. The molecule has 1 N–H and O–H groups in total. The van der Waals surface area contributed by atoms with Gasteiger partial charge in [-0.2, -0.15) is 0 Å². The van der Waals surface area contributed by atoms with Crippen LogP contribution in [0.4, 0.5) is 5.69 Å². The summed E-state index contributed by atoms with van der Waals surface area (Å²) in [6, 6.07) is 5.81. The summed E-state index contributed by atoms with van der Waals surface area (Å²) in [5.41, 5.74) is 3.02. The maximum Gasteiger partial charge on any atom is 0.338 e. The SMILES string of the molecule is CCCCCCC(C)OC(=O)c1ccc2c(c1)NCC2. The molecule has 3 heteroatoms. The second-order valence-corrected chi connectivity index (χ2v) is 5.61. The lowest BCUT2D eigenvalue weighted by Crippen LogP contribution is -2.15. The van der Waals surface area contributed by atoms with Crippen molar-refractivity contribution >= 4 is 11.7 Å². The summed E-state index contributed by atoms with van der Waals surface area (Å²) in [6.07, 6.45) is 6.84. The number of esters is 1. The number of carbonyl (C=O) groups is 1. The lowest BCUT2D eigenvalue weighted by molar-refractivity contribution is 0.0319. The molecule has 0 spiro atoms. The first-order valence-corrected chi connectivity index (χ1v) is 7.78. The van der Waals surface area contributed by atoms with Crippen molar-refractivity contribution in [1.82, 2.24) is 0 Å². The topological polar surface area (TPSA) is 38.3 Å². The van der Waals surface area contributed by atoms with E-state index in [1.54, 1.807) is 0 Å². The third-order valence-corrected chi connectivity index (χ3v) is 3.83. The molecule has 1 atom stereocenters. The molecule has 1 aliphatic rings. The predicted octanol–water partition coefficient (Wildman–Crippen LogP) is 4.17. The summed E-state index contributed by atoms with van der Waals surface area (Å²) >= 11 is 0. The number of nitrogens with one attached hydrogen (secondary N) is 1. The molecular formula is C17H25NO2. The summed E-state index contributed by atoms with van der Waals surface area (Å²) in [4.78, 5) is 12.1. The van der Waals surface area contributed by atoms with Crippen molar-refractivity contribution in [1.29, 1.82) is 0 Å². The molecule has 0 fully saturated rings. The molecule has 0 radical (unpaired) electrons. The third kappa shape index (κ3) is 3.99. The van der Waals surface area contributed by atoms with Crippen LogP contribution in [0.1, 0.15) is 61.9 Å². The van der Waals surface area contributed by atoms with E-state index in [4.69, 9.17) is 4.74 Å². The highest BCUT2D eigenvalue weighted by Gasteiger charge is 2.16. The molecule has 1 aromatic rings. The Kier molecular flexibility index (Phi) is 5.45. The van der Waals surface area contributed by atoms with Crippen LogP contribution in [0.25, 0.3) is 0 Å². The molecule has 0 bridgehead atoms. The zero-order valence-electron chi connectivity index (χ0n) is 12.6. The second kappa shape index (κ2) is 7.32. The highest BCUT2D eigenvalue weighted by atomic mass is 16.5. The Balaban J connectivity index is 1.82. The molecule has 0 amide bonds. The number of unbranched alkanes of at least 4 members (excludes halogenated alkanes) is 3. The second-order valence-electron chi connectivity index (χ2n) is 5.61. The molecule has 0 aliphatic carbocycles. The van der Waals surface area contributed by atoms with Crippen LogP contribution in [0.2, 0.25) is 0 Å². The van der Waals surface area contributed by atoms with Gasteiger partial charge in [0.2, 0.25) is 0 Å². The van der Waals surface area contributed by atoms with Crippen LogP contribution in [0.5, 0.6) is 0 Å². The molecule has 1 aliphatic heterocycles. The highest BCUT2D eigenvalue weighted by Crippen LogP contribution is 2.23. The first kappa shape index (κ1) is 14.9. The smallest absolute Gasteiger partial charge is 0.338 e. The van der Waals surface area contributed by atoms with Crippen molar-refractivity contribution in [3.8, 4) is 0 Å². The number of fused-ring (bicyclic) bond motifs is 1. The van der Waals surface area contributed by atoms with E-state index in [-0.39, 0.29) is 12.1 Å². The summed E-state index contributed by atoms with van der Waals surface area (Å²) in [7, 11) is 0. The van der Waals surface area contributed by atoms with Gasteiger partial charge in [0.25, 0.3) is 0 Å². The number of carbonyl (C=O) groups excluding carboxylic acids is 1. The maximum atomic E-state index is 12.1. The fraction of sp³-hybridized carbons (Fsp3) is 0.588. The van der Waals surface area contributed by atoms with Crippen LogP contribution in [-0.4, -0.2) is 18.6 Å². The molecule has 1 heterocycles. The molecule has 2 rings (SSSR count). The molecule has 1 aromatic carbocycles. The lowest BCUT2D eigenvalue weighted by Gasteiger charge is -2.13. The van der Waals surface area contributed by atoms with Gasteiger partial charge in [0.1, 0.15) is 0 Å². The zero-order valence-corrected chi connectivity index (χ0v) is 12.6.